The number of phenolic OH excluding ortho intramolecular Hbond substituents is 1. The fraction of sp³-hybridized carbons (Fsp3) is 0.571. The van der Waals surface area contributed by atoms with Crippen LogP contribution in [0.1, 0.15) is 18.4 Å². The number of nitrogens with zero attached hydrogens (tertiary/aromatic N) is 1. The molecule has 106 valence electrons. The van der Waals surface area contributed by atoms with Gasteiger partial charge in [0.25, 0.3) is 0 Å². The van der Waals surface area contributed by atoms with Crippen molar-refractivity contribution in [3.05, 3.63) is 22.2 Å². The molecule has 0 aromatic heterocycles. The number of halogens is 1. The molecule has 1 aliphatic carbocycles. The molecular weight excluding hydrogens is 308 g/mol. The predicted octanol–water partition coefficient (Wildman–Crippen LogP) is 2.35. The third-order valence-corrected chi connectivity index (χ3v) is 4.05. The fourth-order valence-corrected chi connectivity index (χ4v) is 2.56. The van der Waals surface area contributed by atoms with Crippen LogP contribution in [-0.4, -0.2) is 43.3 Å². The Morgan fingerprint density at radius 1 is 1.47 bits per heavy atom. The molecule has 2 rings (SSSR count). The molecule has 4 nitrogen and oxygen atoms in total. The Labute approximate surface area is 122 Å². The average Bonchev–Trinajstić information content (AvgIpc) is 3.22. The third-order valence-electron chi connectivity index (χ3n) is 3.45. The zero-order chi connectivity index (χ0) is 13.8. The Hall–Kier alpha value is -0.780. The number of hydrogen-bond donors (Lipinski definition) is 2. The standard InChI is InChI=1S/C14H21BrN2O2/c1-17(11-3-4-11)6-5-16-9-10-7-12(15)14(18)13(8-10)19-2/h7-8,11,16,18H,3-6,9H2,1-2H3. The van der Waals surface area contributed by atoms with Crippen molar-refractivity contribution in [3.63, 3.8) is 0 Å². The molecule has 0 radical (unpaired) electrons. The van der Waals surface area contributed by atoms with Gasteiger partial charge in [-0.3, -0.25) is 0 Å². The van der Waals surface area contributed by atoms with E-state index in [1.54, 1.807) is 7.11 Å². The van der Waals surface area contributed by atoms with Crippen LogP contribution in [0.2, 0.25) is 0 Å². The van der Waals surface area contributed by atoms with Crippen molar-refractivity contribution in [2.24, 2.45) is 0 Å². The summed E-state index contributed by atoms with van der Waals surface area (Å²) in [5, 5.41) is 13.1. The van der Waals surface area contributed by atoms with Crippen LogP contribution in [0.15, 0.2) is 16.6 Å². The van der Waals surface area contributed by atoms with Gasteiger partial charge in [0.15, 0.2) is 11.5 Å². The lowest BCUT2D eigenvalue weighted by atomic mass is 10.2. The maximum absolute atomic E-state index is 9.74. The number of likely N-dealkylation sites (N-methyl/N-ethyl adjacent to an activating group) is 1. The Balaban J connectivity index is 1.80. The third kappa shape index (κ3) is 4.09. The highest BCUT2D eigenvalue weighted by Crippen LogP contribution is 2.35. The summed E-state index contributed by atoms with van der Waals surface area (Å²) in [6.45, 7) is 2.81. The minimum absolute atomic E-state index is 0.153. The Bertz CT molecular complexity index is 436. The molecule has 1 aliphatic rings. The Morgan fingerprint density at radius 3 is 2.84 bits per heavy atom. The largest absolute Gasteiger partial charge is 0.503 e. The molecule has 0 aliphatic heterocycles. The molecule has 0 saturated heterocycles. The lowest BCUT2D eigenvalue weighted by molar-refractivity contribution is 0.321. The maximum atomic E-state index is 9.74. The van der Waals surface area contributed by atoms with E-state index in [0.29, 0.717) is 10.2 Å². The highest BCUT2D eigenvalue weighted by Gasteiger charge is 2.25. The van der Waals surface area contributed by atoms with Gasteiger partial charge in [0.2, 0.25) is 0 Å². The summed E-state index contributed by atoms with van der Waals surface area (Å²) >= 11 is 3.33. The van der Waals surface area contributed by atoms with Gasteiger partial charge in [0.1, 0.15) is 0 Å². The quantitative estimate of drug-likeness (QED) is 0.754. The molecule has 0 unspecified atom stereocenters. The summed E-state index contributed by atoms with van der Waals surface area (Å²) in [6.07, 6.45) is 2.69. The number of nitrogens with one attached hydrogen (secondary N) is 1. The number of rotatable bonds is 7. The number of ether oxygens (including phenoxy) is 1. The summed E-state index contributed by atoms with van der Waals surface area (Å²) in [4.78, 5) is 2.40. The molecule has 1 aromatic rings. The van der Waals surface area contributed by atoms with E-state index in [4.69, 9.17) is 4.74 Å². The van der Waals surface area contributed by atoms with Gasteiger partial charge >= 0.3 is 0 Å². The van der Waals surface area contributed by atoms with Crippen LogP contribution in [0.25, 0.3) is 0 Å². The zero-order valence-corrected chi connectivity index (χ0v) is 13.0. The first-order chi connectivity index (χ1) is 9.11. The monoisotopic (exact) mass is 328 g/mol. The van der Waals surface area contributed by atoms with E-state index < -0.39 is 0 Å². The smallest absolute Gasteiger partial charge is 0.172 e. The first-order valence-corrected chi connectivity index (χ1v) is 7.37. The molecule has 1 aromatic carbocycles. The van der Waals surface area contributed by atoms with Crippen LogP contribution < -0.4 is 10.1 Å². The van der Waals surface area contributed by atoms with Gasteiger partial charge in [0.05, 0.1) is 11.6 Å². The fourth-order valence-electron chi connectivity index (χ4n) is 2.07. The van der Waals surface area contributed by atoms with E-state index in [0.717, 1.165) is 31.2 Å². The molecule has 5 heteroatoms. The van der Waals surface area contributed by atoms with E-state index in [9.17, 15) is 5.11 Å². The van der Waals surface area contributed by atoms with Crippen LogP contribution in [0.4, 0.5) is 0 Å². The summed E-state index contributed by atoms with van der Waals surface area (Å²) in [5.74, 6) is 0.654. The molecule has 19 heavy (non-hydrogen) atoms. The van der Waals surface area contributed by atoms with E-state index in [-0.39, 0.29) is 5.75 Å². The molecule has 0 spiro atoms. The number of methoxy groups -OCH3 is 1. The van der Waals surface area contributed by atoms with Crippen molar-refractivity contribution in [2.45, 2.75) is 25.4 Å². The zero-order valence-electron chi connectivity index (χ0n) is 11.4. The van der Waals surface area contributed by atoms with Crippen LogP contribution in [0.5, 0.6) is 11.5 Å². The van der Waals surface area contributed by atoms with Crippen LogP contribution >= 0.6 is 15.9 Å². The Kier molecular flexibility index (Phi) is 5.07. The molecule has 2 N–H and O–H groups in total. The topological polar surface area (TPSA) is 44.7 Å². The first kappa shape index (κ1) is 14.6. The SMILES string of the molecule is COc1cc(CNCCN(C)C2CC2)cc(Br)c1O. The van der Waals surface area contributed by atoms with E-state index in [1.807, 2.05) is 12.1 Å². The molecule has 0 bridgehead atoms. The van der Waals surface area contributed by atoms with Crippen molar-refractivity contribution < 1.29 is 9.84 Å². The summed E-state index contributed by atoms with van der Waals surface area (Å²) in [7, 11) is 3.74. The molecule has 0 amide bonds. The van der Waals surface area contributed by atoms with Gasteiger partial charge in [-0.2, -0.15) is 0 Å². The molecule has 0 heterocycles. The number of aromatic hydroxyl groups is 1. The van der Waals surface area contributed by atoms with Gasteiger partial charge in [-0.25, -0.2) is 0 Å². The van der Waals surface area contributed by atoms with Gasteiger partial charge in [-0.05, 0) is 53.5 Å². The van der Waals surface area contributed by atoms with Gasteiger partial charge in [-0.15, -0.1) is 0 Å². The second-order valence-electron chi connectivity index (χ2n) is 5.02. The van der Waals surface area contributed by atoms with Crippen molar-refractivity contribution >= 4 is 15.9 Å². The number of benzene rings is 1. The van der Waals surface area contributed by atoms with Gasteiger partial charge in [0, 0.05) is 25.7 Å². The average molecular weight is 329 g/mol. The first-order valence-electron chi connectivity index (χ1n) is 6.58. The van der Waals surface area contributed by atoms with Crippen molar-refractivity contribution in [2.75, 3.05) is 27.2 Å². The summed E-state index contributed by atoms with van der Waals surface area (Å²) in [5.41, 5.74) is 1.09. The molecular formula is C14H21BrN2O2. The van der Waals surface area contributed by atoms with Gasteiger partial charge < -0.3 is 20.1 Å². The van der Waals surface area contributed by atoms with Crippen molar-refractivity contribution in [1.82, 2.24) is 10.2 Å². The van der Waals surface area contributed by atoms with E-state index in [1.165, 1.54) is 12.8 Å². The minimum atomic E-state index is 0.153. The predicted molar refractivity (Wildman–Crippen MR) is 79.7 cm³/mol. The van der Waals surface area contributed by atoms with Crippen LogP contribution in [-0.2, 0) is 6.54 Å². The second kappa shape index (κ2) is 6.59. The Morgan fingerprint density at radius 2 is 2.21 bits per heavy atom. The summed E-state index contributed by atoms with van der Waals surface area (Å²) < 4.78 is 5.80. The summed E-state index contributed by atoms with van der Waals surface area (Å²) in [6, 6.07) is 4.58. The van der Waals surface area contributed by atoms with E-state index in [2.05, 4.69) is 33.2 Å². The second-order valence-corrected chi connectivity index (χ2v) is 5.87. The van der Waals surface area contributed by atoms with Crippen molar-refractivity contribution in [1.29, 1.82) is 0 Å². The highest BCUT2D eigenvalue weighted by atomic mass is 79.9. The number of hydrogen-bond acceptors (Lipinski definition) is 4. The van der Waals surface area contributed by atoms with Gasteiger partial charge in [-0.1, -0.05) is 0 Å². The maximum Gasteiger partial charge on any atom is 0.172 e. The van der Waals surface area contributed by atoms with E-state index >= 15 is 0 Å². The van der Waals surface area contributed by atoms with Crippen molar-refractivity contribution in [3.8, 4) is 11.5 Å². The highest BCUT2D eigenvalue weighted by molar-refractivity contribution is 9.10. The normalized spacial score (nSPS) is 14.9. The minimum Gasteiger partial charge on any atom is -0.503 e. The lowest BCUT2D eigenvalue weighted by Crippen LogP contribution is -2.30. The lowest BCUT2D eigenvalue weighted by Gasteiger charge is -2.16. The molecule has 0 atom stereocenters. The van der Waals surface area contributed by atoms with Crippen LogP contribution in [0, 0.1) is 0 Å². The molecule has 1 fully saturated rings. The van der Waals surface area contributed by atoms with Crippen LogP contribution in [0.3, 0.4) is 0 Å². The number of phenols is 1. The molecule has 1 saturated carbocycles.